The highest BCUT2D eigenvalue weighted by molar-refractivity contribution is 5.78. The summed E-state index contributed by atoms with van der Waals surface area (Å²) in [5.74, 6) is 0.0475. The first-order chi connectivity index (χ1) is 13.2. The van der Waals surface area contributed by atoms with Gasteiger partial charge in [-0.05, 0) is 38.2 Å². The predicted molar refractivity (Wildman–Crippen MR) is 110 cm³/mol. The van der Waals surface area contributed by atoms with Gasteiger partial charge in [0.2, 0.25) is 11.8 Å². The van der Waals surface area contributed by atoms with Gasteiger partial charge in [0.25, 0.3) is 0 Å². The number of likely N-dealkylation sites (tertiary alicyclic amines) is 1. The molecule has 28 heavy (non-hydrogen) atoms. The van der Waals surface area contributed by atoms with E-state index in [0.717, 1.165) is 37.7 Å². The van der Waals surface area contributed by atoms with Gasteiger partial charge in [-0.3, -0.25) is 9.59 Å². The van der Waals surface area contributed by atoms with Gasteiger partial charge in [0.15, 0.2) is 0 Å². The van der Waals surface area contributed by atoms with Crippen LogP contribution in [-0.2, 0) is 16.0 Å². The molecule has 4 atom stereocenters. The number of hydrogen-bond acceptors (Lipinski definition) is 3. The van der Waals surface area contributed by atoms with Crippen LogP contribution in [0.3, 0.4) is 0 Å². The van der Waals surface area contributed by atoms with Crippen LogP contribution in [0, 0.1) is 5.41 Å². The highest BCUT2D eigenvalue weighted by Crippen LogP contribution is 2.53. The molecule has 1 aliphatic heterocycles. The van der Waals surface area contributed by atoms with Gasteiger partial charge in [-0.15, -0.1) is 0 Å². The maximum atomic E-state index is 13.3. The van der Waals surface area contributed by atoms with E-state index in [9.17, 15) is 14.7 Å². The van der Waals surface area contributed by atoms with Crippen LogP contribution in [-0.4, -0.2) is 46.1 Å². The van der Waals surface area contributed by atoms with Gasteiger partial charge in [-0.25, -0.2) is 0 Å². The van der Waals surface area contributed by atoms with Gasteiger partial charge in [-0.1, -0.05) is 50.1 Å². The lowest BCUT2D eigenvalue weighted by molar-refractivity contribution is -0.137. The topological polar surface area (TPSA) is 69.6 Å². The fourth-order valence-corrected chi connectivity index (χ4v) is 5.25. The van der Waals surface area contributed by atoms with Crippen LogP contribution in [0.5, 0.6) is 0 Å². The van der Waals surface area contributed by atoms with Gasteiger partial charge in [0.05, 0.1) is 11.6 Å². The number of carbonyl (C=O) groups excluding carboxylic acids is 2. The zero-order valence-corrected chi connectivity index (χ0v) is 17.4. The smallest absolute Gasteiger partial charge is 0.223 e. The van der Waals surface area contributed by atoms with E-state index in [-0.39, 0.29) is 29.3 Å². The molecule has 1 aliphatic carbocycles. The zero-order chi connectivity index (χ0) is 20.4. The highest BCUT2D eigenvalue weighted by Gasteiger charge is 2.59. The summed E-state index contributed by atoms with van der Waals surface area (Å²) >= 11 is 0. The molecule has 154 valence electrons. The van der Waals surface area contributed by atoms with Crippen molar-refractivity contribution in [2.24, 2.45) is 5.41 Å². The van der Waals surface area contributed by atoms with Gasteiger partial charge in [0, 0.05) is 31.3 Å². The van der Waals surface area contributed by atoms with E-state index >= 15 is 0 Å². The fourth-order valence-electron chi connectivity index (χ4n) is 5.25. The Bertz CT molecular complexity index is 703. The maximum absolute atomic E-state index is 13.3. The molecule has 0 spiro atoms. The van der Waals surface area contributed by atoms with Crippen molar-refractivity contribution in [2.45, 2.75) is 83.4 Å². The molecule has 2 fully saturated rings. The van der Waals surface area contributed by atoms with Crippen LogP contribution in [0.4, 0.5) is 0 Å². The van der Waals surface area contributed by atoms with E-state index in [0.29, 0.717) is 19.4 Å². The van der Waals surface area contributed by atoms with Gasteiger partial charge >= 0.3 is 0 Å². The van der Waals surface area contributed by atoms with Crippen LogP contribution in [0.25, 0.3) is 0 Å². The summed E-state index contributed by atoms with van der Waals surface area (Å²) in [5.41, 5.74) is -0.00401. The van der Waals surface area contributed by atoms with E-state index in [1.165, 1.54) is 6.92 Å². The first kappa shape index (κ1) is 20.8. The van der Waals surface area contributed by atoms with Crippen LogP contribution in [0.1, 0.15) is 64.9 Å². The molecule has 1 aromatic rings. The average Bonchev–Trinajstić information content (AvgIpc) is 2.90. The minimum Gasteiger partial charge on any atom is -0.390 e. The number of nitrogens with zero attached hydrogens (tertiary/aromatic N) is 1. The first-order valence-corrected chi connectivity index (χ1v) is 10.6. The number of carbonyl (C=O) groups is 2. The van der Waals surface area contributed by atoms with Crippen LogP contribution >= 0.6 is 0 Å². The number of fused-ring (bicyclic) bond motifs is 1. The maximum Gasteiger partial charge on any atom is 0.223 e. The molecule has 2 aliphatic rings. The van der Waals surface area contributed by atoms with Crippen LogP contribution in [0.15, 0.2) is 30.3 Å². The molecule has 2 N–H and O–H groups in total. The van der Waals surface area contributed by atoms with Crippen molar-refractivity contribution in [3.63, 3.8) is 0 Å². The molecule has 0 unspecified atom stereocenters. The molecule has 5 nitrogen and oxygen atoms in total. The summed E-state index contributed by atoms with van der Waals surface area (Å²) in [7, 11) is 0. The molecule has 2 amide bonds. The molecule has 0 aromatic heterocycles. The summed E-state index contributed by atoms with van der Waals surface area (Å²) in [6.45, 7) is 6.02. The minimum atomic E-state index is -0.808. The predicted octanol–water partition coefficient (Wildman–Crippen LogP) is 3.06. The largest absolute Gasteiger partial charge is 0.390 e. The standard InChI is InChI=1S/C23H34N2O3/c1-17(26)24-16-19-15-22(2)20(11-7-8-14-23(22,3)28)25(19)21(27)13-12-18-9-5-4-6-10-18/h4-6,9-10,19-20,28H,7-8,11-16H2,1-3H3,(H,24,26)/t19-,20-,22-,23+/m1/s1. The quantitative estimate of drug-likeness (QED) is 0.817. The van der Waals surface area contributed by atoms with Crippen molar-refractivity contribution in [2.75, 3.05) is 6.54 Å². The van der Waals surface area contributed by atoms with Crippen molar-refractivity contribution < 1.29 is 14.7 Å². The number of aryl methyl sites for hydroxylation is 1. The fraction of sp³-hybridized carbons (Fsp3) is 0.652. The molecule has 3 rings (SSSR count). The molecule has 0 bridgehead atoms. The lowest BCUT2D eigenvalue weighted by Gasteiger charge is -2.44. The second-order valence-corrected chi connectivity index (χ2v) is 9.03. The van der Waals surface area contributed by atoms with E-state index in [2.05, 4.69) is 12.2 Å². The molecule has 1 heterocycles. The highest BCUT2D eigenvalue weighted by atomic mass is 16.3. The number of amides is 2. The minimum absolute atomic E-state index is 0.0204. The Kier molecular flexibility index (Phi) is 6.13. The molecule has 1 aromatic carbocycles. The zero-order valence-electron chi connectivity index (χ0n) is 17.4. The van der Waals surface area contributed by atoms with Crippen molar-refractivity contribution in [1.82, 2.24) is 10.2 Å². The first-order valence-electron chi connectivity index (χ1n) is 10.6. The van der Waals surface area contributed by atoms with Crippen LogP contribution in [0.2, 0.25) is 0 Å². The third kappa shape index (κ3) is 4.09. The molecule has 1 saturated carbocycles. The Morgan fingerprint density at radius 1 is 1.21 bits per heavy atom. The molecule has 1 saturated heterocycles. The lowest BCUT2D eigenvalue weighted by atomic mass is 9.67. The van der Waals surface area contributed by atoms with E-state index in [1.54, 1.807) is 0 Å². The van der Waals surface area contributed by atoms with Crippen molar-refractivity contribution in [3.05, 3.63) is 35.9 Å². The third-order valence-electron chi connectivity index (χ3n) is 7.09. The second-order valence-electron chi connectivity index (χ2n) is 9.03. The average molecular weight is 387 g/mol. The van der Waals surface area contributed by atoms with Crippen molar-refractivity contribution in [1.29, 1.82) is 0 Å². The second kappa shape index (κ2) is 8.24. The Hall–Kier alpha value is -1.88. The van der Waals surface area contributed by atoms with Crippen molar-refractivity contribution in [3.8, 4) is 0 Å². The Morgan fingerprint density at radius 2 is 1.93 bits per heavy atom. The monoisotopic (exact) mass is 386 g/mol. The summed E-state index contributed by atoms with van der Waals surface area (Å²) in [4.78, 5) is 26.8. The van der Waals surface area contributed by atoms with E-state index < -0.39 is 5.60 Å². The molecular weight excluding hydrogens is 352 g/mol. The Morgan fingerprint density at radius 3 is 2.61 bits per heavy atom. The number of nitrogens with one attached hydrogen (secondary N) is 1. The number of rotatable bonds is 5. The molecule has 0 radical (unpaired) electrons. The van der Waals surface area contributed by atoms with Gasteiger partial charge in [-0.2, -0.15) is 0 Å². The van der Waals surface area contributed by atoms with Crippen LogP contribution < -0.4 is 5.32 Å². The Labute approximate surface area is 168 Å². The number of hydrogen-bond donors (Lipinski definition) is 2. The van der Waals surface area contributed by atoms with Crippen molar-refractivity contribution >= 4 is 11.8 Å². The molecular formula is C23H34N2O3. The Balaban J connectivity index is 1.82. The van der Waals surface area contributed by atoms with E-state index in [4.69, 9.17) is 0 Å². The normalized spacial score (nSPS) is 32.5. The molecule has 5 heteroatoms. The number of aliphatic hydroxyl groups is 1. The summed E-state index contributed by atoms with van der Waals surface area (Å²) < 4.78 is 0. The lowest BCUT2D eigenvalue weighted by Crippen LogP contribution is -2.52. The third-order valence-corrected chi connectivity index (χ3v) is 7.09. The van der Waals surface area contributed by atoms with Gasteiger partial charge in [0.1, 0.15) is 0 Å². The SMILES string of the molecule is CC(=O)NC[C@H]1C[C@]2(C)[C@@H](CCCC[C@]2(C)O)N1C(=O)CCc1ccccc1. The van der Waals surface area contributed by atoms with Gasteiger partial charge < -0.3 is 15.3 Å². The summed E-state index contributed by atoms with van der Waals surface area (Å²) in [5, 5.41) is 14.2. The summed E-state index contributed by atoms with van der Waals surface area (Å²) in [6.07, 6.45) is 5.58. The summed E-state index contributed by atoms with van der Waals surface area (Å²) in [6, 6.07) is 10.0. The van der Waals surface area contributed by atoms with E-state index in [1.807, 2.05) is 42.2 Å². The number of benzene rings is 1.